The summed E-state index contributed by atoms with van der Waals surface area (Å²) in [6, 6.07) is 49.9. The van der Waals surface area contributed by atoms with Crippen LogP contribution in [0, 0.1) is 0 Å². The Labute approximate surface area is 274 Å². The van der Waals surface area contributed by atoms with Gasteiger partial charge in [-0.2, -0.15) is 0 Å². The fraction of sp³-hybridized carbons (Fsp3) is 0. The number of benzene rings is 6. The van der Waals surface area contributed by atoms with Crippen molar-refractivity contribution in [3.8, 4) is 33.5 Å². The molecule has 0 aliphatic heterocycles. The summed E-state index contributed by atoms with van der Waals surface area (Å²) in [6.45, 7) is 0. The lowest BCUT2D eigenvalue weighted by atomic mass is 9.95. The maximum absolute atomic E-state index is 5.22. The Balaban J connectivity index is 1.05. The van der Waals surface area contributed by atoms with Crippen molar-refractivity contribution in [1.82, 2.24) is 15.0 Å². The van der Waals surface area contributed by atoms with Crippen LogP contribution in [0.2, 0.25) is 0 Å². The molecule has 4 heteroatoms. The largest absolute Gasteiger partial charge is 0.254 e. The fourth-order valence-corrected chi connectivity index (χ4v) is 8.37. The third-order valence-electron chi connectivity index (χ3n) is 9.38. The second-order valence-electron chi connectivity index (χ2n) is 12.0. The van der Waals surface area contributed by atoms with Gasteiger partial charge in [-0.3, -0.25) is 9.97 Å². The summed E-state index contributed by atoms with van der Waals surface area (Å²) in [5, 5.41) is 8.51. The zero-order valence-electron chi connectivity index (χ0n) is 25.2. The van der Waals surface area contributed by atoms with E-state index in [-0.39, 0.29) is 0 Å². The molecule has 0 bridgehead atoms. The Morgan fingerprint density at radius 2 is 1.11 bits per heavy atom. The Kier molecular flexibility index (Phi) is 5.74. The molecule has 0 atom stereocenters. The van der Waals surface area contributed by atoms with Gasteiger partial charge in [0.05, 0.1) is 22.2 Å². The topological polar surface area (TPSA) is 38.7 Å². The molecule has 4 heterocycles. The molecule has 10 rings (SSSR count). The summed E-state index contributed by atoms with van der Waals surface area (Å²) in [6.07, 6.45) is 3.72. The lowest BCUT2D eigenvalue weighted by Gasteiger charge is -2.12. The highest BCUT2D eigenvalue weighted by Gasteiger charge is 2.16. The van der Waals surface area contributed by atoms with E-state index in [0.717, 1.165) is 49.7 Å². The predicted octanol–water partition coefficient (Wildman–Crippen LogP) is 11.9. The average Bonchev–Trinajstić information content (AvgIpc) is 3.53. The van der Waals surface area contributed by atoms with E-state index in [9.17, 15) is 0 Å². The van der Waals surface area contributed by atoms with Crippen LogP contribution in [0.15, 0.2) is 152 Å². The van der Waals surface area contributed by atoms with Gasteiger partial charge in [-0.05, 0) is 46.5 Å². The third-order valence-corrected chi connectivity index (χ3v) is 10.6. The molecule has 4 aromatic heterocycles. The van der Waals surface area contributed by atoms with E-state index in [1.54, 1.807) is 0 Å². The van der Waals surface area contributed by atoms with Gasteiger partial charge in [0.1, 0.15) is 0 Å². The third kappa shape index (κ3) is 4.09. The molecule has 0 saturated heterocycles. The lowest BCUT2D eigenvalue weighted by Crippen LogP contribution is -1.90. The molecule has 0 unspecified atom stereocenters. The van der Waals surface area contributed by atoms with Gasteiger partial charge in [-0.15, -0.1) is 11.3 Å². The van der Waals surface area contributed by atoms with Gasteiger partial charge >= 0.3 is 0 Å². The second kappa shape index (κ2) is 10.3. The molecule has 47 heavy (non-hydrogen) atoms. The van der Waals surface area contributed by atoms with Crippen molar-refractivity contribution in [3.63, 3.8) is 0 Å². The van der Waals surface area contributed by atoms with E-state index >= 15 is 0 Å². The molecule has 0 spiro atoms. The number of pyridine rings is 3. The van der Waals surface area contributed by atoms with E-state index in [4.69, 9.17) is 4.98 Å². The van der Waals surface area contributed by atoms with Crippen LogP contribution in [0.4, 0.5) is 0 Å². The van der Waals surface area contributed by atoms with Crippen LogP contribution < -0.4 is 0 Å². The minimum absolute atomic E-state index is 0.933. The van der Waals surface area contributed by atoms with Crippen LogP contribution in [0.5, 0.6) is 0 Å². The summed E-state index contributed by atoms with van der Waals surface area (Å²) in [5.74, 6) is 0. The van der Waals surface area contributed by atoms with Crippen molar-refractivity contribution >= 4 is 75.0 Å². The number of thiophene rings is 1. The average molecular weight is 616 g/mol. The highest BCUT2D eigenvalue weighted by Crippen LogP contribution is 2.43. The summed E-state index contributed by atoms with van der Waals surface area (Å²) in [5.41, 5.74) is 9.69. The van der Waals surface area contributed by atoms with Crippen LogP contribution in [-0.4, -0.2) is 15.0 Å². The van der Waals surface area contributed by atoms with E-state index in [0.29, 0.717) is 0 Å². The van der Waals surface area contributed by atoms with E-state index in [1.165, 1.54) is 47.5 Å². The Morgan fingerprint density at radius 3 is 1.96 bits per heavy atom. The number of hydrogen-bond acceptors (Lipinski definition) is 4. The number of aromatic nitrogens is 3. The van der Waals surface area contributed by atoms with E-state index in [1.807, 2.05) is 29.8 Å². The van der Waals surface area contributed by atoms with Gasteiger partial charge in [0, 0.05) is 65.1 Å². The zero-order valence-corrected chi connectivity index (χ0v) is 26.0. The Hall–Kier alpha value is -5.97. The quantitative estimate of drug-likeness (QED) is 0.186. The first-order valence-electron chi connectivity index (χ1n) is 15.8. The number of rotatable bonds is 3. The first-order valence-corrected chi connectivity index (χ1v) is 16.6. The number of para-hydroxylation sites is 1. The molecule has 0 amide bonds. The fourth-order valence-electron chi connectivity index (χ4n) is 7.11. The molecule has 6 aromatic carbocycles. The van der Waals surface area contributed by atoms with Gasteiger partial charge in [0.25, 0.3) is 0 Å². The molecule has 10 aromatic rings. The van der Waals surface area contributed by atoms with Crippen molar-refractivity contribution < 1.29 is 0 Å². The zero-order chi connectivity index (χ0) is 30.9. The normalized spacial score (nSPS) is 11.8. The Morgan fingerprint density at radius 1 is 0.426 bits per heavy atom. The van der Waals surface area contributed by atoms with Gasteiger partial charge in [-0.25, -0.2) is 4.98 Å². The van der Waals surface area contributed by atoms with Crippen LogP contribution in [-0.2, 0) is 0 Å². The Bertz CT molecular complexity index is 2830. The van der Waals surface area contributed by atoms with Gasteiger partial charge in [0.15, 0.2) is 0 Å². The van der Waals surface area contributed by atoms with Gasteiger partial charge in [0.2, 0.25) is 0 Å². The van der Waals surface area contributed by atoms with Gasteiger partial charge < -0.3 is 0 Å². The van der Waals surface area contributed by atoms with Crippen LogP contribution >= 0.6 is 11.3 Å². The van der Waals surface area contributed by atoms with Crippen molar-refractivity contribution in [3.05, 3.63) is 152 Å². The molecule has 218 valence electrons. The predicted molar refractivity (Wildman–Crippen MR) is 199 cm³/mol. The smallest absolute Gasteiger partial charge is 0.0970 e. The molecule has 0 aliphatic carbocycles. The molecule has 0 saturated carbocycles. The standard InChI is InChI=1S/C43H25N3S/c1-3-9-37-35(8-1)39-36(22-21-34-32-7-2-4-10-38(32)47-43(34)39)40(46-37)30-17-13-27(14-18-30)26-11-15-28(16-12-26)31-23-25-45-42-33(31)20-19-29-6-5-24-44-41(29)42/h1-25H. The number of fused-ring (bicyclic) bond motifs is 10. The van der Waals surface area contributed by atoms with Crippen LogP contribution in [0.3, 0.4) is 0 Å². The summed E-state index contributed by atoms with van der Waals surface area (Å²) >= 11 is 1.88. The lowest BCUT2D eigenvalue weighted by molar-refractivity contribution is 1.37. The minimum Gasteiger partial charge on any atom is -0.254 e. The van der Waals surface area contributed by atoms with Crippen LogP contribution in [0.1, 0.15) is 0 Å². The summed E-state index contributed by atoms with van der Waals surface area (Å²) < 4.78 is 2.64. The first-order chi connectivity index (χ1) is 23.3. The maximum atomic E-state index is 5.22. The molecule has 0 N–H and O–H groups in total. The second-order valence-corrected chi connectivity index (χ2v) is 13.0. The van der Waals surface area contributed by atoms with E-state index < -0.39 is 0 Å². The molecule has 0 radical (unpaired) electrons. The molecular weight excluding hydrogens is 591 g/mol. The van der Waals surface area contributed by atoms with E-state index in [2.05, 4.69) is 143 Å². The maximum Gasteiger partial charge on any atom is 0.0970 e. The summed E-state index contributed by atoms with van der Waals surface area (Å²) in [4.78, 5) is 14.5. The van der Waals surface area contributed by atoms with Crippen molar-refractivity contribution in [2.24, 2.45) is 0 Å². The SMILES string of the molecule is c1cnc2c(c1)ccc1c(-c3ccc(-c4ccc(-c5nc6ccccc6c6c5ccc5c7ccccc7sc56)cc4)cc3)ccnc12. The monoisotopic (exact) mass is 615 g/mol. The number of nitrogens with zero attached hydrogens (tertiary/aromatic N) is 3. The molecular formula is C43H25N3S. The minimum atomic E-state index is 0.933. The molecule has 0 fully saturated rings. The van der Waals surface area contributed by atoms with Crippen LogP contribution in [0.25, 0.3) is 97.2 Å². The molecule has 3 nitrogen and oxygen atoms in total. The first kappa shape index (κ1) is 26.3. The van der Waals surface area contributed by atoms with Gasteiger partial charge in [-0.1, -0.05) is 115 Å². The van der Waals surface area contributed by atoms with Crippen molar-refractivity contribution in [1.29, 1.82) is 0 Å². The van der Waals surface area contributed by atoms with Crippen molar-refractivity contribution in [2.45, 2.75) is 0 Å². The summed E-state index contributed by atoms with van der Waals surface area (Å²) in [7, 11) is 0. The van der Waals surface area contributed by atoms with Crippen molar-refractivity contribution in [2.75, 3.05) is 0 Å². The number of hydrogen-bond donors (Lipinski definition) is 0. The molecule has 0 aliphatic rings. The highest BCUT2D eigenvalue weighted by molar-refractivity contribution is 7.26. The highest BCUT2D eigenvalue weighted by atomic mass is 32.1.